The molecule has 3 heterocycles. The lowest BCUT2D eigenvalue weighted by molar-refractivity contribution is -0.137. The average Bonchev–Trinajstić information content (AvgIpc) is 3.63. The minimum atomic E-state index is -4.41. The summed E-state index contributed by atoms with van der Waals surface area (Å²) in [5.74, 6) is 0.833. The zero-order valence-electron chi connectivity index (χ0n) is 22.9. The van der Waals surface area contributed by atoms with Gasteiger partial charge in [-0.25, -0.2) is 24.3 Å². The molecule has 13 heteroatoms. The van der Waals surface area contributed by atoms with E-state index in [9.17, 15) is 22.4 Å². The Morgan fingerprint density at radius 2 is 1.84 bits per heavy atom. The number of rotatable bonds is 5. The number of carbonyl (C=O) groups excluding carboxylic acids is 1. The van der Waals surface area contributed by atoms with Gasteiger partial charge in [-0.05, 0) is 54.4 Å². The van der Waals surface area contributed by atoms with Crippen LogP contribution in [0, 0.1) is 5.82 Å². The number of nitrogens with one attached hydrogen (secondary N) is 2. The van der Waals surface area contributed by atoms with Gasteiger partial charge in [-0.1, -0.05) is 55.1 Å². The lowest BCUT2D eigenvalue weighted by Gasteiger charge is -2.29. The fraction of sp³-hybridized carbons (Fsp3) is 0.200. The van der Waals surface area contributed by atoms with E-state index >= 15 is 0 Å². The number of hydrogen-bond donors (Lipinski definition) is 2. The van der Waals surface area contributed by atoms with Gasteiger partial charge in [0.15, 0.2) is 11.0 Å². The van der Waals surface area contributed by atoms with Crippen LogP contribution in [0.3, 0.4) is 0 Å². The van der Waals surface area contributed by atoms with E-state index < -0.39 is 17.8 Å². The van der Waals surface area contributed by atoms with Gasteiger partial charge in [0.05, 0.1) is 16.9 Å². The van der Waals surface area contributed by atoms with Crippen LogP contribution in [-0.4, -0.2) is 31.7 Å². The topological polar surface area (TPSA) is 87.4 Å². The Bertz CT molecular complexity index is 1730. The number of aromatic nitrogens is 3. The maximum Gasteiger partial charge on any atom is 0.416 e. The first-order valence-electron chi connectivity index (χ1n) is 13.3. The van der Waals surface area contributed by atoms with Gasteiger partial charge in [-0.3, -0.25) is 10.3 Å². The molecule has 6 rings (SSSR count). The predicted molar refractivity (Wildman–Crippen MR) is 157 cm³/mol. The van der Waals surface area contributed by atoms with Crippen molar-refractivity contribution in [1.29, 1.82) is 0 Å². The highest BCUT2D eigenvalue weighted by atomic mass is 32.2. The normalized spacial score (nSPS) is 17.8. The van der Waals surface area contributed by atoms with Crippen molar-refractivity contribution in [2.45, 2.75) is 32.0 Å². The Hall–Kier alpha value is -4.49. The third-order valence-corrected chi connectivity index (χ3v) is 8.18. The summed E-state index contributed by atoms with van der Waals surface area (Å²) in [4.78, 5) is 23.1. The van der Waals surface area contributed by atoms with E-state index in [4.69, 9.17) is 0 Å². The van der Waals surface area contributed by atoms with E-state index in [-0.39, 0.29) is 17.8 Å². The Kier molecular flexibility index (Phi) is 7.52. The van der Waals surface area contributed by atoms with Gasteiger partial charge in [0.25, 0.3) is 0 Å². The van der Waals surface area contributed by atoms with Crippen molar-refractivity contribution >= 4 is 28.6 Å². The first kappa shape index (κ1) is 28.6. The number of anilines is 1. The van der Waals surface area contributed by atoms with Crippen molar-refractivity contribution < 1.29 is 22.4 Å². The highest BCUT2D eigenvalue weighted by Gasteiger charge is 2.34. The summed E-state index contributed by atoms with van der Waals surface area (Å²) in [7, 11) is 0. The summed E-state index contributed by atoms with van der Waals surface area (Å²) in [6, 6.07) is 15.8. The molecule has 2 aliphatic heterocycles. The molecule has 0 spiro atoms. The number of benzene rings is 3. The summed E-state index contributed by atoms with van der Waals surface area (Å²) in [5, 5.41) is 4.86. The van der Waals surface area contributed by atoms with Crippen molar-refractivity contribution in [3.05, 3.63) is 107 Å². The van der Waals surface area contributed by atoms with Crippen LogP contribution < -0.4 is 15.8 Å². The number of amidine groups is 1. The fourth-order valence-corrected chi connectivity index (χ4v) is 5.93. The van der Waals surface area contributed by atoms with Crippen LogP contribution in [0.15, 0.2) is 89.8 Å². The maximum atomic E-state index is 14.1. The van der Waals surface area contributed by atoms with E-state index in [0.717, 1.165) is 29.0 Å². The van der Waals surface area contributed by atoms with Gasteiger partial charge in [0.1, 0.15) is 12.1 Å². The molecule has 0 bridgehead atoms. The largest absolute Gasteiger partial charge is 0.416 e. The van der Waals surface area contributed by atoms with Gasteiger partial charge >= 0.3 is 12.2 Å². The Morgan fingerprint density at radius 1 is 1.09 bits per heavy atom. The van der Waals surface area contributed by atoms with Crippen molar-refractivity contribution in [2.75, 3.05) is 10.7 Å². The minimum absolute atomic E-state index is 0.134. The molecule has 220 valence electrons. The van der Waals surface area contributed by atoms with E-state index in [1.54, 1.807) is 6.07 Å². The van der Waals surface area contributed by atoms with Gasteiger partial charge in [0, 0.05) is 29.0 Å². The molecule has 3 aromatic carbocycles. The third-order valence-electron chi connectivity index (χ3n) is 7.21. The van der Waals surface area contributed by atoms with Gasteiger partial charge < -0.3 is 0 Å². The molecular weight excluding hydrogens is 582 g/mol. The molecule has 0 radical (unpaired) electrons. The van der Waals surface area contributed by atoms with Crippen LogP contribution in [0.25, 0.3) is 17.1 Å². The smallest absolute Gasteiger partial charge is 0.292 e. The molecule has 2 atom stereocenters. The van der Waals surface area contributed by atoms with E-state index in [2.05, 4.69) is 38.9 Å². The molecule has 1 aromatic heterocycles. The van der Waals surface area contributed by atoms with Crippen LogP contribution in [0.2, 0.25) is 0 Å². The van der Waals surface area contributed by atoms with Crippen LogP contribution in [-0.2, 0) is 6.18 Å². The number of thioether (sulfide) groups is 1. The summed E-state index contributed by atoms with van der Waals surface area (Å²) in [6.45, 7) is 3.92. The molecule has 43 heavy (non-hydrogen) atoms. The van der Waals surface area contributed by atoms with Gasteiger partial charge in [-0.15, -0.1) is 5.10 Å². The number of amides is 2. The predicted octanol–water partition coefficient (Wildman–Crippen LogP) is 6.98. The third kappa shape index (κ3) is 5.90. The number of fused-ring (bicyclic) bond motifs is 3. The molecule has 1 saturated heterocycles. The van der Waals surface area contributed by atoms with Gasteiger partial charge in [-0.2, -0.15) is 18.2 Å². The minimum Gasteiger partial charge on any atom is -0.292 e. The van der Waals surface area contributed by atoms with Crippen molar-refractivity contribution in [2.24, 2.45) is 4.99 Å². The fourth-order valence-electron chi connectivity index (χ4n) is 4.94. The number of hydrazine groups is 1. The molecule has 1 fully saturated rings. The van der Waals surface area contributed by atoms with Crippen LogP contribution in [0.4, 0.5) is 28.0 Å². The Morgan fingerprint density at radius 3 is 2.56 bits per heavy atom. The summed E-state index contributed by atoms with van der Waals surface area (Å²) >= 11 is 1.42. The molecule has 8 nitrogen and oxygen atoms in total. The second kappa shape index (κ2) is 11.3. The number of aliphatic imine (C=N–C) groups is 1. The van der Waals surface area contributed by atoms with Crippen LogP contribution in [0.1, 0.15) is 42.5 Å². The molecular formula is C30H25F4N7OS. The summed E-state index contributed by atoms with van der Waals surface area (Å²) in [5.41, 5.74) is 9.52. The lowest BCUT2D eigenvalue weighted by Crippen LogP contribution is -2.38. The molecule has 4 aromatic rings. The molecule has 0 aliphatic carbocycles. The molecule has 2 unspecified atom stereocenters. The second-order valence-electron chi connectivity index (χ2n) is 10.1. The van der Waals surface area contributed by atoms with Gasteiger partial charge in [0.2, 0.25) is 0 Å². The first-order chi connectivity index (χ1) is 20.6. The summed E-state index contributed by atoms with van der Waals surface area (Å²) in [6.07, 6.45) is -0.867. The zero-order chi connectivity index (χ0) is 30.3. The number of hydrogen-bond acceptors (Lipinski definition) is 5. The number of halogens is 4. The van der Waals surface area contributed by atoms with E-state index in [1.807, 2.05) is 36.1 Å². The standard InChI is InChI=1S/C30H25F4N7OS/c1-17-13-24-15-43-29(41(24)26-14-22(31)9-12-25(17)26)36-28(42)38-37-18(2)19-3-5-20(6-4-19)27-35-16-40(39-27)23-10-7-21(8-11-23)30(32,33)34/h3-14,16-18,37H,15H2,1-2H3,(H,38,42)/b36-29-. The first-order valence-corrected chi connectivity index (χ1v) is 14.3. The lowest BCUT2D eigenvalue weighted by atomic mass is 9.94. The number of carbonyl (C=O) groups is 1. The van der Waals surface area contributed by atoms with Crippen molar-refractivity contribution in [3.8, 4) is 17.1 Å². The van der Waals surface area contributed by atoms with Crippen molar-refractivity contribution in [3.63, 3.8) is 0 Å². The SMILES string of the molecule is CC1C=C2CS/C(=N\C(=O)NNC(C)c3ccc(-c4ncn(-c5ccc(C(F)(F)F)cc5)n4)cc3)N2c2cc(F)ccc21. The number of allylic oxidation sites excluding steroid dienone is 1. The molecule has 2 aliphatic rings. The number of nitrogens with zero attached hydrogens (tertiary/aromatic N) is 5. The number of urea groups is 1. The average molecular weight is 608 g/mol. The molecule has 2 N–H and O–H groups in total. The van der Waals surface area contributed by atoms with E-state index in [0.29, 0.717) is 33.7 Å². The second-order valence-corrected chi connectivity index (χ2v) is 11.1. The zero-order valence-corrected chi connectivity index (χ0v) is 23.7. The van der Waals surface area contributed by atoms with Crippen LogP contribution in [0.5, 0.6) is 0 Å². The Balaban J connectivity index is 1.08. The molecule has 2 amide bonds. The highest BCUT2D eigenvalue weighted by molar-refractivity contribution is 8.14. The molecule has 0 saturated carbocycles. The van der Waals surface area contributed by atoms with Crippen LogP contribution >= 0.6 is 11.8 Å². The maximum absolute atomic E-state index is 14.1. The number of alkyl halides is 3. The quantitative estimate of drug-likeness (QED) is 0.188. The van der Waals surface area contributed by atoms with E-state index in [1.165, 1.54) is 47.0 Å². The summed E-state index contributed by atoms with van der Waals surface area (Å²) < 4.78 is 54.0. The highest BCUT2D eigenvalue weighted by Crippen LogP contribution is 2.43. The Labute approximate surface area is 248 Å². The monoisotopic (exact) mass is 607 g/mol. The van der Waals surface area contributed by atoms with Crippen molar-refractivity contribution in [1.82, 2.24) is 25.6 Å².